The molecule has 2 saturated heterocycles. The van der Waals surface area contributed by atoms with Crippen LogP contribution < -0.4 is 4.90 Å². The van der Waals surface area contributed by atoms with Crippen molar-refractivity contribution in [1.29, 1.82) is 0 Å². The molecule has 2 aliphatic rings. The van der Waals surface area contributed by atoms with Crippen LogP contribution in [0, 0.1) is 12.3 Å². The highest BCUT2D eigenvalue weighted by molar-refractivity contribution is 5.67. The van der Waals surface area contributed by atoms with Crippen molar-refractivity contribution >= 4 is 5.69 Å². The average molecular weight is 476 g/mol. The first-order valence-electron chi connectivity index (χ1n) is 12.6. The summed E-state index contributed by atoms with van der Waals surface area (Å²) in [5.74, 6) is 0. The standard InChI is InChI=1S/C28H37N5O2/c1-21-15-23(33-13-11-32(12-14-33)22(2)25-7-5-6-10-29-25)8-9-24(21)26-16-31(20-30-26)17-27-34-18-28(3,4)19-35-27/h5-10,15-16,20,22,27H,11-14,17-19H2,1-4H3. The Morgan fingerprint density at radius 2 is 1.80 bits per heavy atom. The quantitative estimate of drug-likeness (QED) is 0.522. The molecule has 2 fully saturated rings. The van der Waals surface area contributed by atoms with E-state index >= 15 is 0 Å². The lowest BCUT2D eigenvalue weighted by Crippen LogP contribution is -2.47. The monoisotopic (exact) mass is 475 g/mol. The van der Waals surface area contributed by atoms with Gasteiger partial charge in [0.25, 0.3) is 0 Å². The van der Waals surface area contributed by atoms with Crippen molar-refractivity contribution in [2.45, 2.75) is 46.6 Å². The molecule has 1 atom stereocenters. The summed E-state index contributed by atoms with van der Waals surface area (Å²) in [7, 11) is 0. The fourth-order valence-electron chi connectivity index (χ4n) is 4.91. The van der Waals surface area contributed by atoms with Gasteiger partial charge < -0.3 is 18.9 Å². The summed E-state index contributed by atoms with van der Waals surface area (Å²) in [5, 5.41) is 0. The number of benzene rings is 1. The molecule has 0 saturated carbocycles. The zero-order valence-electron chi connectivity index (χ0n) is 21.4. The van der Waals surface area contributed by atoms with Gasteiger partial charge in [-0.2, -0.15) is 0 Å². The lowest BCUT2D eigenvalue weighted by Gasteiger charge is -2.39. The van der Waals surface area contributed by atoms with Crippen molar-refractivity contribution in [2.24, 2.45) is 5.41 Å². The molecule has 7 heteroatoms. The van der Waals surface area contributed by atoms with Gasteiger partial charge in [0.05, 0.1) is 37.5 Å². The smallest absolute Gasteiger partial charge is 0.175 e. The Kier molecular flexibility index (Phi) is 6.91. The molecule has 1 unspecified atom stereocenters. The average Bonchev–Trinajstić information content (AvgIpc) is 3.33. The number of anilines is 1. The zero-order valence-corrected chi connectivity index (χ0v) is 21.4. The number of pyridine rings is 1. The van der Waals surface area contributed by atoms with Crippen LogP contribution in [0.5, 0.6) is 0 Å². The van der Waals surface area contributed by atoms with E-state index in [-0.39, 0.29) is 11.7 Å². The third kappa shape index (κ3) is 5.58. The Morgan fingerprint density at radius 1 is 1.03 bits per heavy atom. The van der Waals surface area contributed by atoms with Crippen LogP contribution in [0.1, 0.15) is 38.1 Å². The van der Waals surface area contributed by atoms with E-state index in [9.17, 15) is 0 Å². The van der Waals surface area contributed by atoms with Crippen LogP contribution >= 0.6 is 0 Å². The van der Waals surface area contributed by atoms with E-state index in [1.54, 1.807) is 0 Å². The van der Waals surface area contributed by atoms with Crippen LogP contribution in [0.15, 0.2) is 55.1 Å². The van der Waals surface area contributed by atoms with E-state index in [2.05, 4.69) is 88.6 Å². The molecule has 35 heavy (non-hydrogen) atoms. The summed E-state index contributed by atoms with van der Waals surface area (Å²) in [6.07, 6.45) is 5.63. The minimum atomic E-state index is -0.215. The first-order valence-corrected chi connectivity index (χ1v) is 12.6. The van der Waals surface area contributed by atoms with Gasteiger partial charge in [0.2, 0.25) is 0 Å². The van der Waals surface area contributed by atoms with E-state index in [4.69, 9.17) is 9.47 Å². The molecular formula is C28H37N5O2. The fourth-order valence-corrected chi connectivity index (χ4v) is 4.91. The zero-order chi connectivity index (χ0) is 24.4. The van der Waals surface area contributed by atoms with Gasteiger partial charge in [0.1, 0.15) is 0 Å². The number of hydrogen-bond donors (Lipinski definition) is 0. The van der Waals surface area contributed by atoms with Gasteiger partial charge in [-0.05, 0) is 43.7 Å². The van der Waals surface area contributed by atoms with Crippen LogP contribution in [0.2, 0.25) is 0 Å². The SMILES string of the molecule is Cc1cc(N2CCN(C(C)c3ccccn3)CC2)ccc1-c1cn(CC2OCC(C)(C)CO2)cn1. The number of aryl methyl sites for hydroxylation is 1. The van der Waals surface area contributed by atoms with Crippen molar-refractivity contribution in [3.05, 3.63) is 66.4 Å². The Bertz CT molecular complexity index is 1110. The lowest BCUT2D eigenvalue weighted by atomic mass is 9.96. The summed E-state index contributed by atoms with van der Waals surface area (Å²) >= 11 is 0. The molecule has 186 valence electrons. The molecule has 0 radical (unpaired) electrons. The number of ether oxygens (including phenoxy) is 2. The molecule has 4 heterocycles. The highest BCUT2D eigenvalue weighted by Gasteiger charge is 2.28. The second-order valence-corrected chi connectivity index (χ2v) is 10.6. The predicted molar refractivity (Wildman–Crippen MR) is 138 cm³/mol. The molecule has 0 aliphatic carbocycles. The Labute approximate surface area is 208 Å². The number of nitrogens with zero attached hydrogens (tertiary/aromatic N) is 5. The van der Waals surface area contributed by atoms with Crippen molar-refractivity contribution < 1.29 is 9.47 Å². The van der Waals surface area contributed by atoms with E-state index in [0.717, 1.165) is 50.8 Å². The maximum atomic E-state index is 5.88. The van der Waals surface area contributed by atoms with Crippen molar-refractivity contribution in [2.75, 3.05) is 44.3 Å². The maximum Gasteiger partial charge on any atom is 0.175 e. The summed E-state index contributed by atoms with van der Waals surface area (Å²) < 4.78 is 13.8. The number of hydrogen-bond acceptors (Lipinski definition) is 6. The van der Waals surface area contributed by atoms with E-state index in [0.29, 0.717) is 12.6 Å². The third-order valence-corrected chi connectivity index (χ3v) is 7.14. The topological polar surface area (TPSA) is 55.7 Å². The Morgan fingerprint density at radius 3 is 2.49 bits per heavy atom. The predicted octanol–water partition coefficient (Wildman–Crippen LogP) is 4.54. The highest BCUT2D eigenvalue weighted by Crippen LogP contribution is 2.29. The first-order chi connectivity index (χ1) is 16.9. The summed E-state index contributed by atoms with van der Waals surface area (Å²) in [5.41, 5.74) is 5.90. The second-order valence-electron chi connectivity index (χ2n) is 10.6. The molecule has 2 aromatic heterocycles. The molecule has 7 nitrogen and oxygen atoms in total. The van der Waals surface area contributed by atoms with Gasteiger partial charge in [-0.1, -0.05) is 26.0 Å². The van der Waals surface area contributed by atoms with Crippen LogP contribution in [0.25, 0.3) is 11.3 Å². The van der Waals surface area contributed by atoms with E-state index in [1.165, 1.54) is 16.8 Å². The molecule has 0 spiro atoms. The van der Waals surface area contributed by atoms with Crippen LogP contribution in [0.3, 0.4) is 0 Å². The van der Waals surface area contributed by atoms with Crippen LogP contribution in [0.4, 0.5) is 5.69 Å². The molecule has 2 aliphatic heterocycles. The molecule has 0 amide bonds. The summed E-state index contributed by atoms with van der Waals surface area (Å²) in [4.78, 5) is 14.2. The van der Waals surface area contributed by atoms with Gasteiger partial charge in [-0.3, -0.25) is 9.88 Å². The Balaban J connectivity index is 1.19. The number of rotatable bonds is 6. The first kappa shape index (κ1) is 24.0. The second kappa shape index (κ2) is 10.1. The van der Waals surface area contributed by atoms with Crippen LogP contribution in [-0.4, -0.2) is 65.1 Å². The van der Waals surface area contributed by atoms with Crippen molar-refractivity contribution in [3.63, 3.8) is 0 Å². The van der Waals surface area contributed by atoms with Gasteiger partial charge in [-0.25, -0.2) is 4.98 Å². The van der Waals surface area contributed by atoms with Crippen molar-refractivity contribution in [3.8, 4) is 11.3 Å². The Hall–Kier alpha value is -2.74. The third-order valence-electron chi connectivity index (χ3n) is 7.14. The maximum absolute atomic E-state index is 5.88. The molecule has 0 bridgehead atoms. The molecule has 1 aromatic carbocycles. The van der Waals surface area contributed by atoms with E-state index < -0.39 is 0 Å². The summed E-state index contributed by atoms with van der Waals surface area (Å²) in [6, 6.07) is 13.2. The number of imidazole rings is 1. The van der Waals surface area contributed by atoms with Crippen molar-refractivity contribution in [1.82, 2.24) is 19.4 Å². The highest BCUT2D eigenvalue weighted by atomic mass is 16.7. The van der Waals surface area contributed by atoms with Gasteiger partial charge >= 0.3 is 0 Å². The fraction of sp³-hybridized carbons (Fsp3) is 0.500. The van der Waals surface area contributed by atoms with Crippen LogP contribution in [-0.2, 0) is 16.0 Å². The van der Waals surface area contributed by atoms with Gasteiger partial charge in [-0.15, -0.1) is 0 Å². The molecule has 5 rings (SSSR count). The van der Waals surface area contributed by atoms with Gasteiger partial charge in [0, 0.05) is 61.3 Å². The number of piperazine rings is 1. The van der Waals surface area contributed by atoms with Gasteiger partial charge in [0.15, 0.2) is 6.29 Å². The normalized spacial score (nSPS) is 20.2. The minimum absolute atomic E-state index is 0.0828. The summed E-state index contributed by atoms with van der Waals surface area (Å²) in [6.45, 7) is 14.9. The van der Waals surface area contributed by atoms with E-state index in [1.807, 2.05) is 18.6 Å². The number of aromatic nitrogens is 3. The molecule has 0 N–H and O–H groups in total. The lowest BCUT2D eigenvalue weighted by molar-refractivity contribution is -0.226. The largest absolute Gasteiger partial charge is 0.369 e. The molecule has 3 aromatic rings. The minimum Gasteiger partial charge on any atom is -0.369 e. The molecular weight excluding hydrogens is 438 g/mol.